The highest BCUT2D eigenvalue weighted by molar-refractivity contribution is 5.99. The van der Waals surface area contributed by atoms with Crippen molar-refractivity contribution in [1.29, 1.82) is 5.26 Å². The quantitative estimate of drug-likeness (QED) is 0.707. The van der Waals surface area contributed by atoms with Crippen molar-refractivity contribution >= 4 is 17.6 Å². The van der Waals surface area contributed by atoms with E-state index < -0.39 is 5.92 Å². The number of ether oxygens (including phenoxy) is 1. The van der Waals surface area contributed by atoms with Gasteiger partial charge in [0.15, 0.2) is 0 Å². The average molecular weight is 245 g/mol. The predicted octanol–water partition coefficient (Wildman–Crippen LogP) is 0.479. The number of hydrogen-bond donors (Lipinski definition) is 0. The van der Waals surface area contributed by atoms with Crippen LogP contribution in [0, 0.1) is 17.2 Å². The van der Waals surface area contributed by atoms with Crippen molar-refractivity contribution in [1.82, 2.24) is 4.98 Å². The first-order valence-electron chi connectivity index (χ1n) is 5.40. The van der Waals surface area contributed by atoms with Crippen LogP contribution in [0.25, 0.3) is 0 Å². The molecule has 0 N–H and O–H groups in total. The summed E-state index contributed by atoms with van der Waals surface area (Å²) in [6, 6.07) is 5.07. The number of rotatable bonds is 2. The lowest BCUT2D eigenvalue weighted by Crippen LogP contribution is -2.26. The van der Waals surface area contributed by atoms with Gasteiger partial charge in [-0.3, -0.25) is 9.59 Å². The largest absolute Gasteiger partial charge is 0.469 e. The highest BCUT2D eigenvalue weighted by atomic mass is 16.5. The fourth-order valence-corrected chi connectivity index (χ4v) is 1.93. The summed E-state index contributed by atoms with van der Waals surface area (Å²) in [4.78, 5) is 28.5. The molecule has 6 nitrogen and oxygen atoms in total. The van der Waals surface area contributed by atoms with Crippen molar-refractivity contribution < 1.29 is 14.3 Å². The number of nitrogens with zero attached hydrogens (tertiary/aromatic N) is 3. The molecule has 6 heteroatoms. The molecular formula is C12H11N3O3. The first kappa shape index (κ1) is 12.0. The fourth-order valence-electron chi connectivity index (χ4n) is 1.93. The van der Waals surface area contributed by atoms with Crippen LogP contribution in [0.15, 0.2) is 18.3 Å². The topological polar surface area (TPSA) is 83.3 Å². The van der Waals surface area contributed by atoms with E-state index in [0.29, 0.717) is 5.69 Å². The normalized spacial score (nSPS) is 18.6. The molecular weight excluding hydrogens is 234 g/mol. The Hall–Kier alpha value is -2.42. The number of esters is 1. The van der Waals surface area contributed by atoms with Crippen molar-refractivity contribution in [3.05, 3.63) is 24.0 Å². The zero-order chi connectivity index (χ0) is 13.1. The highest BCUT2D eigenvalue weighted by Crippen LogP contribution is 2.25. The molecule has 0 aliphatic carbocycles. The number of pyridine rings is 1. The smallest absolute Gasteiger partial charge is 0.311 e. The minimum Gasteiger partial charge on any atom is -0.469 e. The van der Waals surface area contributed by atoms with Crippen molar-refractivity contribution in [2.45, 2.75) is 6.42 Å². The SMILES string of the molecule is COC(=O)C1CC(=O)N(c2ccnc(C#N)c2)C1. The van der Waals surface area contributed by atoms with E-state index in [9.17, 15) is 9.59 Å². The van der Waals surface area contributed by atoms with Crippen molar-refractivity contribution in [3.63, 3.8) is 0 Å². The van der Waals surface area contributed by atoms with E-state index in [-0.39, 0.29) is 30.5 Å². The molecule has 1 aromatic heterocycles. The molecule has 1 amide bonds. The second-order valence-electron chi connectivity index (χ2n) is 3.94. The van der Waals surface area contributed by atoms with Crippen molar-refractivity contribution in [3.8, 4) is 6.07 Å². The molecule has 1 atom stereocenters. The molecule has 0 saturated carbocycles. The van der Waals surface area contributed by atoms with Gasteiger partial charge in [-0.2, -0.15) is 5.26 Å². The van der Waals surface area contributed by atoms with Gasteiger partial charge in [0.1, 0.15) is 11.8 Å². The standard InChI is InChI=1S/C12H11N3O3/c1-18-12(17)8-4-11(16)15(7-8)10-2-3-14-9(5-10)6-13/h2-3,5,8H,4,7H2,1H3. The van der Waals surface area contributed by atoms with Crippen molar-refractivity contribution in [2.75, 3.05) is 18.6 Å². The molecule has 0 spiro atoms. The van der Waals surface area contributed by atoms with Crippen LogP contribution in [0.5, 0.6) is 0 Å². The Morgan fingerprint density at radius 2 is 2.44 bits per heavy atom. The molecule has 0 radical (unpaired) electrons. The fraction of sp³-hybridized carbons (Fsp3) is 0.333. The monoisotopic (exact) mass is 245 g/mol. The summed E-state index contributed by atoms with van der Waals surface area (Å²) in [5.74, 6) is -0.984. The molecule has 0 aromatic carbocycles. The molecule has 1 unspecified atom stereocenters. The Kier molecular flexibility index (Phi) is 3.24. The lowest BCUT2D eigenvalue weighted by atomic mass is 10.1. The van der Waals surface area contributed by atoms with Crippen LogP contribution >= 0.6 is 0 Å². The number of anilines is 1. The third-order valence-electron chi connectivity index (χ3n) is 2.83. The van der Waals surface area contributed by atoms with E-state index in [1.54, 1.807) is 6.07 Å². The van der Waals surface area contributed by atoms with Gasteiger partial charge in [0, 0.05) is 24.8 Å². The number of nitriles is 1. The first-order valence-corrected chi connectivity index (χ1v) is 5.40. The number of aromatic nitrogens is 1. The van der Waals surface area contributed by atoms with Gasteiger partial charge in [-0.25, -0.2) is 4.98 Å². The van der Waals surface area contributed by atoms with E-state index in [2.05, 4.69) is 9.72 Å². The Bertz CT molecular complexity index is 536. The zero-order valence-corrected chi connectivity index (χ0v) is 9.79. The maximum atomic E-state index is 11.8. The Morgan fingerprint density at radius 3 is 3.11 bits per heavy atom. The summed E-state index contributed by atoms with van der Waals surface area (Å²) in [5.41, 5.74) is 0.819. The van der Waals surface area contributed by atoms with Gasteiger partial charge < -0.3 is 9.64 Å². The number of methoxy groups -OCH3 is 1. The van der Waals surface area contributed by atoms with E-state index in [4.69, 9.17) is 5.26 Å². The maximum Gasteiger partial charge on any atom is 0.311 e. The molecule has 2 rings (SSSR count). The summed E-state index contributed by atoms with van der Waals surface area (Å²) >= 11 is 0. The second-order valence-corrected chi connectivity index (χ2v) is 3.94. The van der Waals surface area contributed by atoms with Gasteiger partial charge in [-0.15, -0.1) is 0 Å². The molecule has 1 aliphatic heterocycles. The molecule has 0 bridgehead atoms. The van der Waals surface area contributed by atoms with Crippen LogP contribution in [-0.2, 0) is 14.3 Å². The van der Waals surface area contributed by atoms with E-state index >= 15 is 0 Å². The van der Waals surface area contributed by atoms with Crippen LogP contribution in [0.2, 0.25) is 0 Å². The number of carbonyl (C=O) groups excluding carboxylic acids is 2. The number of carbonyl (C=O) groups is 2. The van der Waals surface area contributed by atoms with Crippen LogP contribution in [0.1, 0.15) is 12.1 Å². The molecule has 1 saturated heterocycles. The lowest BCUT2D eigenvalue weighted by Gasteiger charge is -2.16. The minimum atomic E-state index is -0.443. The highest BCUT2D eigenvalue weighted by Gasteiger charge is 2.35. The average Bonchev–Trinajstić information content (AvgIpc) is 2.80. The third-order valence-corrected chi connectivity index (χ3v) is 2.83. The Balaban J connectivity index is 2.22. The zero-order valence-electron chi connectivity index (χ0n) is 9.79. The first-order chi connectivity index (χ1) is 8.65. The van der Waals surface area contributed by atoms with E-state index in [1.807, 2.05) is 6.07 Å². The molecule has 92 valence electrons. The molecule has 2 heterocycles. The lowest BCUT2D eigenvalue weighted by molar-refractivity contribution is -0.145. The van der Waals surface area contributed by atoms with Gasteiger partial charge in [0.25, 0.3) is 0 Å². The van der Waals surface area contributed by atoms with Crippen LogP contribution in [0.3, 0.4) is 0 Å². The number of hydrogen-bond acceptors (Lipinski definition) is 5. The van der Waals surface area contributed by atoms with Gasteiger partial charge in [-0.05, 0) is 12.1 Å². The summed E-state index contributed by atoms with van der Waals surface area (Å²) in [5, 5.41) is 8.76. The molecule has 1 fully saturated rings. The summed E-state index contributed by atoms with van der Waals surface area (Å²) in [7, 11) is 1.30. The van der Waals surface area contributed by atoms with Gasteiger partial charge >= 0.3 is 5.97 Å². The molecule has 1 aromatic rings. The Labute approximate surface area is 104 Å². The predicted molar refractivity (Wildman–Crippen MR) is 61.4 cm³/mol. The van der Waals surface area contributed by atoms with E-state index in [1.165, 1.54) is 24.3 Å². The van der Waals surface area contributed by atoms with Gasteiger partial charge in [0.05, 0.1) is 13.0 Å². The van der Waals surface area contributed by atoms with Crippen LogP contribution in [0.4, 0.5) is 5.69 Å². The second kappa shape index (κ2) is 4.84. The number of amides is 1. The summed E-state index contributed by atoms with van der Waals surface area (Å²) in [6.07, 6.45) is 1.60. The third kappa shape index (κ3) is 2.15. The van der Waals surface area contributed by atoms with E-state index in [0.717, 1.165) is 0 Å². The minimum absolute atomic E-state index is 0.136. The maximum absolute atomic E-state index is 11.8. The van der Waals surface area contributed by atoms with Crippen molar-refractivity contribution in [2.24, 2.45) is 5.92 Å². The summed E-state index contributed by atoms with van der Waals surface area (Å²) in [6.45, 7) is 0.278. The van der Waals surface area contributed by atoms with Gasteiger partial charge in [0.2, 0.25) is 5.91 Å². The van der Waals surface area contributed by atoms with Crippen LogP contribution in [-0.4, -0.2) is 30.5 Å². The molecule has 18 heavy (non-hydrogen) atoms. The molecule has 1 aliphatic rings. The summed E-state index contributed by atoms with van der Waals surface area (Å²) < 4.78 is 4.63. The Morgan fingerprint density at radius 1 is 1.67 bits per heavy atom. The van der Waals surface area contributed by atoms with Crippen LogP contribution < -0.4 is 4.90 Å². The van der Waals surface area contributed by atoms with Gasteiger partial charge in [-0.1, -0.05) is 0 Å².